The lowest BCUT2D eigenvalue weighted by Gasteiger charge is -2.12. The maximum absolute atomic E-state index is 11.8. The third-order valence-corrected chi connectivity index (χ3v) is 4.86. The minimum Gasteiger partial charge on any atom is -0.337 e. The van der Waals surface area contributed by atoms with Crippen LogP contribution in [0.3, 0.4) is 0 Å². The molecule has 0 unspecified atom stereocenters. The molecule has 1 aliphatic carbocycles. The van der Waals surface area contributed by atoms with Gasteiger partial charge in [-0.05, 0) is 43.6 Å². The maximum Gasteiger partial charge on any atom is 0.321 e. The maximum atomic E-state index is 11.8. The number of thiophene rings is 1. The van der Waals surface area contributed by atoms with Crippen LogP contribution in [0.15, 0.2) is 28.5 Å². The molecule has 0 atom stereocenters. The van der Waals surface area contributed by atoms with Gasteiger partial charge in [-0.3, -0.25) is 5.32 Å². The smallest absolute Gasteiger partial charge is 0.321 e. The lowest BCUT2D eigenvalue weighted by Crippen LogP contribution is -2.29. The molecular weight excluding hydrogens is 316 g/mol. The Balaban J connectivity index is 1.44. The summed E-state index contributed by atoms with van der Waals surface area (Å²) in [7, 11) is 0. The Morgan fingerprint density at radius 3 is 3.09 bits per heavy atom. The van der Waals surface area contributed by atoms with E-state index in [2.05, 4.69) is 26.1 Å². The predicted octanol–water partition coefficient (Wildman–Crippen LogP) is 4.28. The van der Waals surface area contributed by atoms with Gasteiger partial charge in [0.2, 0.25) is 5.13 Å². The Hall–Kier alpha value is -1.73. The van der Waals surface area contributed by atoms with Gasteiger partial charge in [-0.1, -0.05) is 11.6 Å². The number of nitrogens with zero attached hydrogens (tertiary/aromatic N) is 2. The Morgan fingerprint density at radius 1 is 1.36 bits per heavy atom. The number of allylic oxidation sites excluding steroid dienone is 1. The predicted molar refractivity (Wildman–Crippen MR) is 91.4 cm³/mol. The number of aromatic nitrogens is 2. The minimum absolute atomic E-state index is 0.218. The van der Waals surface area contributed by atoms with Crippen LogP contribution in [0.1, 0.15) is 32.1 Å². The van der Waals surface area contributed by atoms with Crippen molar-refractivity contribution in [2.24, 2.45) is 0 Å². The highest BCUT2D eigenvalue weighted by molar-refractivity contribution is 7.10. The van der Waals surface area contributed by atoms with Crippen molar-refractivity contribution >= 4 is 34.0 Å². The van der Waals surface area contributed by atoms with E-state index in [0.29, 0.717) is 17.5 Å². The fourth-order valence-electron chi connectivity index (χ4n) is 2.39. The van der Waals surface area contributed by atoms with Gasteiger partial charge in [-0.25, -0.2) is 4.79 Å². The zero-order valence-corrected chi connectivity index (χ0v) is 13.8. The first-order valence-electron chi connectivity index (χ1n) is 7.40. The van der Waals surface area contributed by atoms with E-state index in [1.165, 1.54) is 42.8 Å². The first-order chi connectivity index (χ1) is 10.8. The lowest BCUT2D eigenvalue weighted by molar-refractivity contribution is 0.252. The van der Waals surface area contributed by atoms with Gasteiger partial charge < -0.3 is 5.32 Å². The minimum atomic E-state index is -0.218. The van der Waals surface area contributed by atoms with Crippen LogP contribution in [-0.4, -0.2) is 21.9 Å². The van der Waals surface area contributed by atoms with Crippen LogP contribution in [0.4, 0.5) is 9.93 Å². The number of urea groups is 1. The quantitative estimate of drug-likeness (QED) is 0.802. The molecule has 22 heavy (non-hydrogen) atoms. The molecule has 0 fully saturated rings. The van der Waals surface area contributed by atoms with Crippen molar-refractivity contribution < 1.29 is 4.79 Å². The van der Waals surface area contributed by atoms with Gasteiger partial charge in [0.15, 0.2) is 5.82 Å². The van der Waals surface area contributed by atoms with E-state index < -0.39 is 0 Å². The second-order valence-electron chi connectivity index (χ2n) is 5.17. The molecule has 0 bridgehead atoms. The highest BCUT2D eigenvalue weighted by Gasteiger charge is 2.10. The average Bonchev–Trinajstić information content (AvgIpc) is 3.19. The van der Waals surface area contributed by atoms with Crippen LogP contribution in [0.5, 0.6) is 0 Å². The Morgan fingerprint density at radius 2 is 2.32 bits per heavy atom. The molecule has 2 aromatic rings. The molecule has 2 amide bonds. The molecule has 0 saturated heterocycles. The van der Waals surface area contributed by atoms with Crippen LogP contribution >= 0.6 is 22.9 Å². The molecule has 0 saturated carbocycles. The van der Waals surface area contributed by atoms with E-state index in [1.54, 1.807) is 11.3 Å². The highest BCUT2D eigenvalue weighted by atomic mass is 32.1. The standard InChI is InChI=1S/C15H18N4OS2/c20-14(16-8-6-11-4-2-1-3-5-11)18-15-17-13(19-22-15)12-7-9-21-10-12/h4,7,9-10H,1-3,5-6,8H2,(H2,16,17,18,19,20). The fourth-order valence-corrected chi connectivity index (χ4v) is 3.61. The van der Waals surface area contributed by atoms with Crippen LogP contribution < -0.4 is 10.6 Å². The van der Waals surface area contributed by atoms with Crippen LogP contribution in [0, 0.1) is 0 Å². The normalized spacial score (nSPS) is 14.5. The number of nitrogens with one attached hydrogen (secondary N) is 2. The summed E-state index contributed by atoms with van der Waals surface area (Å²) in [6, 6.07) is 1.75. The third kappa shape index (κ3) is 4.14. The van der Waals surface area contributed by atoms with Crippen LogP contribution in [0.25, 0.3) is 11.4 Å². The summed E-state index contributed by atoms with van der Waals surface area (Å²) in [5.41, 5.74) is 2.45. The van der Waals surface area contributed by atoms with E-state index in [0.717, 1.165) is 12.0 Å². The summed E-state index contributed by atoms with van der Waals surface area (Å²) in [5, 5.41) is 10.1. The second-order valence-corrected chi connectivity index (χ2v) is 6.71. The van der Waals surface area contributed by atoms with Gasteiger partial charge in [-0.2, -0.15) is 20.7 Å². The second kappa shape index (κ2) is 7.51. The molecular formula is C15H18N4OS2. The molecule has 1 aliphatic rings. The summed E-state index contributed by atoms with van der Waals surface area (Å²) in [4.78, 5) is 16.2. The monoisotopic (exact) mass is 334 g/mol. The van der Waals surface area contributed by atoms with Crippen molar-refractivity contribution in [2.45, 2.75) is 32.1 Å². The number of hydrogen-bond acceptors (Lipinski definition) is 5. The summed E-state index contributed by atoms with van der Waals surface area (Å²) in [6.07, 6.45) is 8.15. The number of hydrogen-bond donors (Lipinski definition) is 2. The molecule has 0 aromatic carbocycles. The van der Waals surface area contributed by atoms with Gasteiger partial charge in [0.1, 0.15) is 0 Å². The number of amides is 2. The number of carbonyl (C=O) groups excluding carboxylic acids is 1. The average molecular weight is 334 g/mol. The molecule has 2 aromatic heterocycles. The third-order valence-electron chi connectivity index (χ3n) is 3.54. The van der Waals surface area contributed by atoms with Crippen LogP contribution in [0.2, 0.25) is 0 Å². The zero-order chi connectivity index (χ0) is 15.2. The molecule has 3 rings (SSSR count). The SMILES string of the molecule is O=C(NCCC1=CCCCC1)Nc1nc(-c2ccsc2)ns1. The summed E-state index contributed by atoms with van der Waals surface area (Å²) in [6.45, 7) is 0.661. The van der Waals surface area contributed by atoms with E-state index in [4.69, 9.17) is 0 Å². The van der Waals surface area contributed by atoms with E-state index in [9.17, 15) is 4.79 Å². The summed E-state index contributed by atoms with van der Waals surface area (Å²) >= 11 is 2.80. The van der Waals surface area contributed by atoms with Crippen molar-refractivity contribution in [1.82, 2.24) is 14.7 Å². The van der Waals surface area contributed by atoms with Crippen molar-refractivity contribution in [3.63, 3.8) is 0 Å². The molecule has 116 valence electrons. The first kappa shape index (κ1) is 15.2. The van der Waals surface area contributed by atoms with E-state index in [-0.39, 0.29) is 6.03 Å². The molecule has 0 aliphatic heterocycles. The van der Waals surface area contributed by atoms with Crippen molar-refractivity contribution in [1.29, 1.82) is 0 Å². The zero-order valence-electron chi connectivity index (χ0n) is 12.2. The van der Waals surface area contributed by atoms with Gasteiger partial charge in [0, 0.05) is 29.0 Å². The molecule has 2 heterocycles. The van der Waals surface area contributed by atoms with Gasteiger partial charge in [0.05, 0.1) is 0 Å². The van der Waals surface area contributed by atoms with E-state index >= 15 is 0 Å². The van der Waals surface area contributed by atoms with Crippen molar-refractivity contribution in [3.8, 4) is 11.4 Å². The molecule has 0 spiro atoms. The topological polar surface area (TPSA) is 66.9 Å². The van der Waals surface area contributed by atoms with Gasteiger partial charge >= 0.3 is 6.03 Å². The Bertz CT molecular complexity index is 648. The van der Waals surface area contributed by atoms with E-state index in [1.807, 2.05) is 16.8 Å². The molecule has 7 heteroatoms. The van der Waals surface area contributed by atoms with Crippen molar-refractivity contribution in [2.75, 3.05) is 11.9 Å². The number of carbonyl (C=O) groups is 1. The Labute approximate surface area is 137 Å². The van der Waals surface area contributed by atoms with Crippen molar-refractivity contribution in [3.05, 3.63) is 28.5 Å². The first-order valence-corrected chi connectivity index (χ1v) is 9.12. The van der Waals surface area contributed by atoms with Crippen LogP contribution in [-0.2, 0) is 0 Å². The summed E-state index contributed by atoms with van der Waals surface area (Å²) in [5.74, 6) is 0.661. The number of anilines is 1. The lowest BCUT2D eigenvalue weighted by atomic mass is 9.97. The molecule has 5 nitrogen and oxygen atoms in total. The largest absolute Gasteiger partial charge is 0.337 e. The van der Waals surface area contributed by atoms with Gasteiger partial charge in [-0.15, -0.1) is 0 Å². The Kier molecular flexibility index (Phi) is 5.18. The summed E-state index contributed by atoms with van der Waals surface area (Å²) < 4.78 is 4.25. The van der Waals surface area contributed by atoms with Gasteiger partial charge in [0.25, 0.3) is 0 Å². The fraction of sp³-hybridized carbons (Fsp3) is 0.400. The molecule has 2 N–H and O–H groups in total. The highest BCUT2D eigenvalue weighted by Crippen LogP contribution is 2.23. The molecule has 0 radical (unpaired) electrons. The number of rotatable bonds is 5.